The predicted octanol–water partition coefficient (Wildman–Crippen LogP) is 4.44. The molecule has 3 rings (SSSR count). The van der Waals surface area contributed by atoms with E-state index in [9.17, 15) is 10.1 Å². The third kappa shape index (κ3) is 3.22. The normalized spacial score (nSPS) is 11.2. The van der Waals surface area contributed by atoms with Crippen LogP contribution in [0.5, 0.6) is 0 Å². The Labute approximate surface area is 137 Å². The Hall–Kier alpha value is -2.73. The van der Waals surface area contributed by atoms with Crippen LogP contribution in [0.25, 0.3) is 22.4 Å². The van der Waals surface area contributed by atoms with Gasteiger partial charge in [0.2, 0.25) is 0 Å². The molecule has 1 heterocycles. The van der Waals surface area contributed by atoms with Gasteiger partial charge in [-0.2, -0.15) is 0 Å². The Bertz CT molecular complexity index is 867. The minimum absolute atomic E-state index is 0.0986. The summed E-state index contributed by atoms with van der Waals surface area (Å²) in [5, 5.41) is 12.1. The summed E-state index contributed by atoms with van der Waals surface area (Å²) in [6.07, 6.45) is 3.74. The fraction of sp³-hybridized carbons (Fsp3) is 0.118. The monoisotopic (exact) mass is 325 g/mol. The number of para-hydroxylation sites is 1. The zero-order valence-corrected chi connectivity index (χ0v) is 13.6. The molecule has 0 fully saturated rings. The highest BCUT2D eigenvalue weighted by Gasteiger charge is 2.15. The molecule has 116 valence electrons. The molecule has 0 bridgehead atoms. The summed E-state index contributed by atoms with van der Waals surface area (Å²) in [5.41, 5.74) is 2.43. The molecule has 0 aliphatic heterocycles. The first-order chi connectivity index (χ1) is 11.0. The van der Waals surface area contributed by atoms with Crippen LogP contribution in [0.1, 0.15) is 10.6 Å². The maximum atomic E-state index is 11.2. The number of hydrogen-bond donors (Lipinski definition) is 0. The highest BCUT2D eigenvalue weighted by Crippen LogP contribution is 2.29. The molecule has 0 aliphatic carbocycles. The molecule has 3 aromatic rings. The van der Waals surface area contributed by atoms with Gasteiger partial charge in [-0.25, -0.2) is 4.98 Å². The van der Waals surface area contributed by atoms with E-state index in [4.69, 9.17) is 0 Å². The fourth-order valence-electron chi connectivity index (χ4n) is 2.30. The Kier molecular flexibility index (Phi) is 4.08. The summed E-state index contributed by atoms with van der Waals surface area (Å²) < 4.78 is 1.13. The van der Waals surface area contributed by atoms with Crippen molar-refractivity contribution in [3.8, 4) is 0 Å². The SMILES string of the molecule is CN(C)c1ccc(/C=C/c2nc3ccccc3s2)cc1[N+](=O)[O-]. The first kappa shape index (κ1) is 15.2. The van der Waals surface area contributed by atoms with Gasteiger partial charge < -0.3 is 4.90 Å². The number of aromatic nitrogens is 1. The molecule has 0 amide bonds. The number of anilines is 1. The van der Waals surface area contributed by atoms with Crippen molar-refractivity contribution in [3.05, 3.63) is 63.1 Å². The molecule has 0 saturated carbocycles. The highest BCUT2D eigenvalue weighted by molar-refractivity contribution is 7.19. The van der Waals surface area contributed by atoms with Gasteiger partial charge in [0.1, 0.15) is 10.7 Å². The number of nitro benzene ring substituents is 1. The predicted molar refractivity (Wildman–Crippen MR) is 96.0 cm³/mol. The van der Waals surface area contributed by atoms with Crippen LogP contribution < -0.4 is 4.90 Å². The van der Waals surface area contributed by atoms with Gasteiger partial charge >= 0.3 is 0 Å². The summed E-state index contributed by atoms with van der Waals surface area (Å²) in [7, 11) is 3.58. The van der Waals surface area contributed by atoms with Gasteiger partial charge in [0, 0.05) is 20.2 Å². The van der Waals surface area contributed by atoms with Gasteiger partial charge in [0.05, 0.1) is 15.1 Å². The van der Waals surface area contributed by atoms with Crippen molar-refractivity contribution in [1.29, 1.82) is 0 Å². The second-order valence-corrected chi connectivity index (χ2v) is 6.32. The zero-order valence-electron chi connectivity index (χ0n) is 12.8. The standard InChI is InChI=1S/C17H15N3O2S/c1-19(2)14-9-7-12(11-15(14)20(21)22)8-10-17-18-13-5-3-4-6-16(13)23-17/h3-11H,1-2H3/b10-8+. The number of benzene rings is 2. The number of nitrogens with zero attached hydrogens (tertiary/aromatic N) is 3. The number of thiazole rings is 1. The molecule has 0 atom stereocenters. The second-order valence-electron chi connectivity index (χ2n) is 5.25. The Morgan fingerprint density at radius 2 is 1.96 bits per heavy atom. The first-order valence-corrected chi connectivity index (χ1v) is 7.85. The topological polar surface area (TPSA) is 59.3 Å². The van der Waals surface area contributed by atoms with Crippen LogP contribution in [0.4, 0.5) is 11.4 Å². The molecule has 0 radical (unpaired) electrons. The van der Waals surface area contributed by atoms with Gasteiger partial charge in [-0.15, -0.1) is 11.3 Å². The highest BCUT2D eigenvalue weighted by atomic mass is 32.1. The maximum absolute atomic E-state index is 11.2. The largest absolute Gasteiger partial charge is 0.372 e. The van der Waals surface area contributed by atoms with E-state index in [1.807, 2.05) is 42.5 Å². The summed E-state index contributed by atoms with van der Waals surface area (Å²) in [4.78, 5) is 17.1. The molecule has 0 N–H and O–H groups in total. The third-order valence-electron chi connectivity index (χ3n) is 3.41. The molecule has 1 aromatic heterocycles. The van der Waals surface area contributed by atoms with Crippen molar-refractivity contribution in [1.82, 2.24) is 4.98 Å². The quantitative estimate of drug-likeness (QED) is 0.525. The van der Waals surface area contributed by atoms with Crippen molar-refractivity contribution in [2.24, 2.45) is 0 Å². The summed E-state index contributed by atoms with van der Waals surface area (Å²) in [6, 6.07) is 13.2. The number of rotatable bonds is 4. The fourth-order valence-corrected chi connectivity index (χ4v) is 3.17. The molecule has 6 heteroatoms. The van der Waals surface area contributed by atoms with Crippen LogP contribution in [-0.2, 0) is 0 Å². The van der Waals surface area contributed by atoms with Gasteiger partial charge in [-0.05, 0) is 29.8 Å². The van der Waals surface area contributed by atoms with Crippen molar-refractivity contribution < 1.29 is 4.92 Å². The Morgan fingerprint density at radius 3 is 2.65 bits per heavy atom. The van der Waals surface area contributed by atoms with E-state index in [0.29, 0.717) is 5.69 Å². The van der Waals surface area contributed by atoms with Gasteiger partial charge in [-0.3, -0.25) is 10.1 Å². The Balaban J connectivity index is 1.92. The molecular weight excluding hydrogens is 310 g/mol. The molecule has 2 aromatic carbocycles. The van der Waals surface area contributed by atoms with Gasteiger partial charge in [0.15, 0.2) is 0 Å². The van der Waals surface area contributed by atoms with Crippen LogP contribution in [0, 0.1) is 10.1 Å². The number of hydrogen-bond acceptors (Lipinski definition) is 5. The van der Waals surface area contributed by atoms with E-state index in [1.54, 1.807) is 42.5 Å². The maximum Gasteiger partial charge on any atom is 0.293 e. The van der Waals surface area contributed by atoms with E-state index in [-0.39, 0.29) is 10.6 Å². The Morgan fingerprint density at radius 1 is 1.17 bits per heavy atom. The van der Waals surface area contributed by atoms with Crippen LogP contribution in [0.3, 0.4) is 0 Å². The minimum atomic E-state index is -0.357. The van der Waals surface area contributed by atoms with Crippen LogP contribution in [0.15, 0.2) is 42.5 Å². The first-order valence-electron chi connectivity index (χ1n) is 7.04. The van der Waals surface area contributed by atoms with Crippen molar-refractivity contribution in [2.75, 3.05) is 19.0 Å². The van der Waals surface area contributed by atoms with E-state index < -0.39 is 0 Å². The lowest BCUT2D eigenvalue weighted by atomic mass is 10.1. The lowest BCUT2D eigenvalue weighted by Gasteiger charge is -2.12. The van der Waals surface area contributed by atoms with E-state index >= 15 is 0 Å². The molecular formula is C17H15N3O2S. The molecule has 23 heavy (non-hydrogen) atoms. The summed E-state index contributed by atoms with van der Waals surface area (Å²) >= 11 is 1.60. The average molecular weight is 325 g/mol. The minimum Gasteiger partial charge on any atom is -0.372 e. The van der Waals surface area contributed by atoms with Crippen molar-refractivity contribution >= 4 is 45.1 Å². The molecule has 0 saturated heterocycles. The van der Waals surface area contributed by atoms with Crippen LogP contribution >= 0.6 is 11.3 Å². The second kappa shape index (κ2) is 6.18. The molecule has 5 nitrogen and oxygen atoms in total. The number of fused-ring (bicyclic) bond motifs is 1. The lowest BCUT2D eigenvalue weighted by molar-refractivity contribution is -0.384. The van der Waals surface area contributed by atoms with Crippen molar-refractivity contribution in [2.45, 2.75) is 0 Å². The zero-order chi connectivity index (χ0) is 16.4. The number of nitro groups is 1. The van der Waals surface area contributed by atoms with Crippen LogP contribution in [0.2, 0.25) is 0 Å². The molecule has 0 spiro atoms. The van der Waals surface area contributed by atoms with E-state index in [2.05, 4.69) is 4.98 Å². The summed E-state index contributed by atoms with van der Waals surface area (Å²) in [6.45, 7) is 0. The average Bonchev–Trinajstić information content (AvgIpc) is 2.95. The van der Waals surface area contributed by atoms with Gasteiger partial charge in [-0.1, -0.05) is 24.3 Å². The van der Waals surface area contributed by atoms with Gasteiger partial charge in [0.25, 0.3) is 5.69 Å². The third-order valence-corrected chi connectivity index (χ3v) is 4.41. The lowest BCUT2D eigenvalue weighted by Crippen LogP contribution is -2.10. The van der Waals surface area contributed by atoms with E-state index in [0.717, 1.165) is 20.8 Å². The molecule has 0 aliphatic rings. The molecule has 0 unspecified atom stereocenters. The van der Waals surface area contributed by atoms with Crippen molar-refractivity contribution in [3.63, 3.8) is 0 Å². The summed E-state index contributed by atoms with van der Waals surface area (Å²) in [5.74, 6) is 0. The van der Waals surface area contributed by atoms with Crippen LogP contribution in [-0.4, -0.2) is 24.0 Å². The smallest absolute Gasteiger partial charge is 0.293 e. The van der Waals surface area contributed by atoms with E-state index in [1.165, 1.54) is 0 Å².